The highest BCUT2D eigenvalue weighted by atomic mass is 32.2. The van der Waals surface area contributed by atoms with Gasteiger partial charge in [0.25, 0.3) is 10.0 Å². The first-order valence-electron chi connectivity index (χ1n) is 10.5. The Morgan fingerprint density at radius 3 is 2.59 bits per heavy atom. The number of carbonyl (C=O) groups is 1. The number of carbonyl (C=O) groups excluding carboxylic acids is 1. The lowest BCUT2D eigenvalue weighted by Gasteiger charge is -2.36. The topological polar surface area (TPSA) is 168 Å². The van der Waals surface area contributed by atoms with Gasteiger partial charge in [0.2, 0.25) is 10.0 Å². The van der Waals surface area contributed by atoms with E-state index >= 15 is 0 Å². The maximum absolute atomic E-state index is 13.6. The molecule has 180 valence electrons. The van der Waals surface area contributed by atoms with E-state index in [0.29, 0.717) is 24.0 Å². The van der Waals surface area contributed by atoms with E-state index < -0.39 is 37.1 Å². The molecule has 1 aliphatic carbocycles. The fourth-order valence-corrected chi connectivity index (χ4v) is 5.84. The van der Waals surface area contributed by atoms with Crippen LogP contribution in [0.3, 0.4) is 0 Å². The number of nitrogens with zero attached hydrogens (tertiary/aromatic N) is 1. The summed E-state index contributed by atoms with van der Waals surface area (Å²) in [6.07, 6.45) is 2.66. The molecule has 2 aliphatic rings. The highest BCUT2D eigenvalue weighted by Crippen LogP contribution is 2.41. The highest BCUT2D eigenvalue weighted by Gasteiger charge is 2.46. The number of aliphatic hydroxyl groups excluding tert-OH is 1. The first kappa shape index (κ1) is 23.9. The number of nitrogens with two attached hydrogens (primary N) is 1. The minimum absolute atomic E-state index is 0.0375. The molecule has 0 amide bonds. The number of ketones is 1. The Labute approximate surface area is 197 Å². The highest BCUT2D eigenvalue weighted by molar-refractivity contribution is 7.92. The van der Waals surface area contributed by atoms with E-state index in [1.807, 2.05) is 6.92 Å². The van der Waals surface area contributed by atoms with E-state index in [0.717, 1.165) is 18.7 Å². The van der Waals surface area contributed by atoms with Crippen LogP contribution in [0.1, 0.15) is 37.3 Å². The van der Waals surface area contributed by atoms with Gasteiger partial charge in [-0.05, 0) is 30.2 Å². The Kier molecular flexibility index (Phi) is 5.78. The molecule has 2 aromatic rings. The molecule has 0 aromatic heterocycles. The number of rotatable bonds is 6. The van der Waals surface area contributed by atoms with E-state index in [-0.39, 0.29) is 27.7 Å². The lowest BCUT2D eigenvalue weighted by molar-refractivity contribution is -0.120. The Bertz CT molecular complexity index is 1480. The zero-order chi connectivity index (χ0) is 24.9. The number of Topliss-reactive ketones (excluding diaryl/α,β-unsaturated/α-hetero) is 1. The van der Waals surface area contributed by atoms with Gasteiger partial charge in [-0.2, -0.15) is 8.42 Å². The summed E-state index contributed by atoms with van der Waals surface area (Å²) in [6.45, 7) is 1.96. The van der Waals surface area contributed by atoms with Gasteiger partial charge in [-0.15, -0.1) is 4.40 Å². The molecule has 12 heteroatoms. The van der Waals surface area contributed by atoms with Crippen LogP contribution in [0, 0.1) is 0 Å². The van der Waals surface area contributed by atoms with Crippen LogP contribution in [0.5, 0.6) is 0 Å². The SMILES string of the molecule is CCCCC1(N)C(=O)C(C2=NS(=O)(=O)c3cc(NS(C)(=O)=O)ccc3N2)=C(O)c2ccccc21. The number of anilines is 2. The molecule has 0 spiro atoms. The van der Waals surface area contributed by atoms with Gasteiger partial charge in [0.05, 0.1) is 11.9 Å². The molecule has 5 N–H and O–H groups in total. The van der Waals surface area contributed by atoms with Crippen LogP contribution in [0.4, 0.5) is 11.4 Å². The number of sulfonamides is 2. The third kappa shape index (κ3) is 4.08. The van der Waals surface area contributed by atoms with Crippen molar-refractivity contribution in [3.05, 3.63) is 59.2 Å². The minimum atomic E-state index is -4.34. The largest absolute Gasteiger partial charge is 0.506 e. The normalized spacial score (nSPS) is 21.3. The molecule has 4 rings (SSSR count). The molecule has 1 aliphatic heterocycles. The number of nitrogens with one attached hydrogen (secondary N) is 2. The molecule has 34 heavy (non-hydrogen) atoms. The molecule has 1 unspecified atom stereocenters. The standard InChI is InChI=1S/C22H24N4O6S2/c1-3-4-11-22(23)15-8-6-5-7-14(15)19(27)18(20(22)28)21-24-16-10-9-13(25-33(2,29)30)12-17(16)34(31,32)26-21/h5-10,12,25,27H,3-4,11,23H2,1-2H3,(H,24,26). The predicted molar refractivity (Wildman–Crippen MR) is 130 cm³/mol. The number of aliphatic hydroxyl groups is 1. The van der Waals surface area contributed by atoms with Gasteiger partial charge >= 0.3 is 0 Å². The second-order valence-electron chi connectivity index (χ2n) is 8.30. The van der Waals surface area contributed by atoms with Crippen LogP contribution in [0.2, 0.25) is 0 Å². The smallest absolute Gasteiger partial charge is 0.286 e. The molecule has 0 saturated heterocycles. The van der Waals surface area contributed by atoms with Crippen LogP contribution in [0.15, 0.2) is 57.3 Å². The summed E-state index contributed by atoms with van der Waals surface area (Å²) in [7, 11) is -7.98. The summed E-state index contributed by atoms with van der Waals surface area (Å²) < 4.78 is 54.9. The van der Waals surface area contributed by atoms with Gasteiger partial charge in [0.1, 0.15) is 21.8 Å². The summed E-state index contributed by atoms with van der Waals surface area (Å²) in [5.41, 5.74) is 5.73. The summed E-state index contributed by atoms with van der Waals surface area (Å²) in [5, 5.41) is 13.8. The minimum Gasteiger partial charge on any atom is -0.506 e. The van der Waals surface area contributed by atoms with Gasteiger partial charge in [0, 0.05) is 11.3 Å². The van der Waals surface area contributed by atoms with Crippen LogP contribution in [0.25, 0.3) is 5.76 Å². The van der Waals surface area contributed by atoms with Gasteiger partial charge in [-0.1, -0.05) is 44.0 Å². The predicted octanol–water partition coefficient (Wildman–Crippen LogP) is 2.47. The lowest BCUT2D eigenvalue weighted by atomic mass is 9.72. The van der Waals surface area contributed by atoms with Gasteiger partial charge in [0.15, 0.2) is 11.6 Å². The van der Waals surface area contributed by atoms with Gasteiger partial charge in [-0.25, -0.2) is 8.42 Å². The van der Waals surface area contributed by atoms with Gasteiger partial charge in [-0.3, -0.25) is 9.52 Å². The van der Waals surface area contributed by atoms with E-state index in [1.54, 1.807) is 24.3 Å². The van der Waals surface area contributed by atoms with Crippen molar-refractivity contribution >= 4 is 48.8 Å². The third-order valence-corrected chi connectivity index (χ3v) is 7.64. The Morgan fingerprint density at radius 2 is 1.91 bits per heavy atom. The molecule has 0 bridgehead atoms. The number of hydrogen-bond donors (Lipinski definition) is 4. The monoisotopic (exact) mass is 504 g/mol. The van der Waals surface area contributed by atoms with Crippen LogP contribution >= 0.6 is 0 Å². The average molecular weight is 505 g/mol. The Hall–Kier alpha value is -3.22. The maximum atomic E-state index is 13.6. The average Bonchev–Trinajstić information content (AvgIpc) is 2.76. The summed E-state index contributed by atoms with van der Waals surface area (Å²) in [6, 6.07) is 10.5. The van der Waals surface area contributed by atoms with Crippen molar-refractivity contribution in [2.24, 2.45) is 10.1 Å². The molecule has 2 aromatic carbocycles. The van der Waals surface area contributed by atoms with Crippen molar-refractivity contribution in [2.45, 2.75) is 36.6 Å². The van der Waals surface area contributed by atoms with E-state index in [4.69, 9.17) is 5.73 Å². The molecule has 1 atom stereocenters. The second-order valence-corrected chi connectivity index (χ2v) is 11.6. The molecular formula is C22H24N4O6S2. The first-order chi connectivity index (χ1) is 15.9. The third-order valence-electron chi connectivity index (χ3n) is 5.72. The summed E-state index contributed by atoms with van der Waals surface area (Å²) in [5.74, 6) is -1.41. The van der Waals surface area contributed by atoms with E-state index in [1.165, 1.54) is 12.1 Å². The fourth-order valence-electron chi connectivity index (χ4n) is 4.13. The summed E-state index contributed by atoms with van der Waals surface area (Å²) in [4.78, 5) is 13.3. The second kappa shape index (κ2) is 8.22. The van der Waals surface area contributed by atoms with Crippen LogP contribution in [-0.2, 0) is 30.4 Å². The first-order valence-corrected chi connectivity index (χ1v) is 13.8. The lowest BCUT2D eigenvalue weighted by Crippen LogP contribution is -2.50. The molecule has 0 saturated carbocycles. The van der Waals surface area contributed by atoms with Crippen molar-refractivity contribution in [1.82, 2.24) is 0 Å². The number of amidine groups is 1. The van der Waals surface area contributed by atoms with Crippen molar-refractivity contribution in [1.29, 1.82) is 0 Å². The Morgan fingerprint density at radius 1 is 1.21 bits per heavy atom. The molecule has 0 fully saturated rings. The van der Waals surface area contributed by atoms with E-state index in [9.17, 15) is 26.7 Å². The Balaban J connectivity index is 1.85. The molecule has 0 radical (unpaired) electrons. The van der Waals surface area contributed by atoms with Crippen LogP contribution < -0.4 is 15.8 Å². The zero-order valence-electron chi connectivity index (χ0n) is 18.5. The molecule has 10 nitrogen and oxygen atoms in total. The maximum Gasteiger partial charge on any atom is 0.286 e. The van der Waals surface area contributed by atoms with Crippen molar-refractivity contribution in [2.75, 3.05) is 16.3 Å². The number of unbranched alkanes of at least 4 members (excludes halogenated alkanes) is 1. The van der Waals surface area contributed by atoms with Crippen LogP contribution in [-0.4, -0.2) is 39.8 Å². The molecular weight excluding hydrogens is 480 g/mol. The summed E-state index contributed by atoms with van der Waals surface area (Å²) >= 11 is 0. The number of hydrogen-bond acceptors (Lipinski definition) is 8. The van der Waals surface area contributed by atoms with Gasteiger partial charge < -0.3 is 16.2 Å². The fraction of sp³-hybridized carbons (Fsp3) is 0.273. The zero-order valence-corrected chi connectivity index (χ0v) is 20.1. The van der Waals surface area contributed by atoms with E-state index in [2.05, 4.69) is 14.4 Å². The number of benzene rings is 2. The number of fused-ring (bicyclic) bond motifs is 2. The van der Waals surface area contributed by atoms with Crippen molar-refractivity contribution in [3.8, 4) is 0 Å². The quantitative estimate of drug-likeness (QED) is 0.465. The molecule has 1 heterocycles. The van der Waals surface area contributed by atoms with Crippen molar-refractivity contribution in [3.63, 3.8) is 0 Å². The van der Waals surface area contributed by atoms with Crippen molar-refractivity contribution < 1.29 is 26.7 Å².